The fourth-order valence-corrected chi connectivity index (χ4v) is 5.11. The zero-order valence-corrected chi connectivity index (χ0v) is 18.0. The molecule has 1 saturated carbocycles. The Kier molecular flexibility index (Phi) is 4.99. The van der Waals surface area contributed by atoms with Crippen LogP contribution in [0.1, 0.15) is 42.9 Å². The Morgan fingerprint density at radius 2 is 1.94 bits per heavy atom. The number of rotatable bonds is 6. The summed E-state index contributed by atoms with van der Waals surface area (Å²) >= 11 is 0. The van der Waals surface area contributed by atoms with Crippen molar-refractivity contribution in [3.05, 3.63) is 71.0 Å². The van der Waals surface area contributed by atoms with Crippen molar-refractivity contribution in [2.45, 2.75) is 50.7 Å². The van der Waals surface area contributed by atoms with Gasteiger partial charge in [-0.05, 0) is 55.7 Å². The molecule has 1 saturated heterocycles. The summed E-state index contributed by atoms with van der Waals surface area (Å²) < 4.78 is 14.7. The summed E-state index contributed by atoms with van der Waals surface area (Å²) in [5.41, 5.74) is 0.541. The van der Waals surface area contributed by atoms with Gasteiger partial charge in [-0.2, -0.15) is 0 Å². The maximum atomic E-state index is 14.7. The Balaban J connectivity index is 1.39. The van der Waals surface area contributed by atoms with E-state index >= 15 is 0 Å². The number of nitrogens with one attached hydrogen (secondary N) is 1. The number of imide groups is 1. The predicted molar refractivity (Wildman–Crippen MR) is 116 cm³/mol. The number of halogens is 1. The smallest absolute Gasteiger partial charge is 0.325 e. The van der Waals surface area contributed by atoms with Gasteiger partial charge in [0.15, 0.2) is 0 Å². The third kappa shape index (κ3) is 3.36. The van der Waals surface area contributed by atoms with Crippen LogP contribution in [0.2, 0.25) is 0 Å². The Morgan fingerprint density at radius 3 is 2.66 bits per heavy atom. The first-order valence-corrected chi connectivity index (χ1v) is 11.2. The number of carbonyl (C=O) groups is 3. The zero-order valence-electron chi connectivity index (χ0n) is 18.0. The Morgan fingerprint density at radius 1 is 1.19 bits per heavy atom. The molecule has 2 aromatic carbocycles. The van der Waals surface area contributed by atoms with Gasteiger partial charge < -0.3 is 10.2 Å². The van der Waals surface area contributed by atoms with E-state index in [4.69, 9.17) is 0 Å². The molecule has 2 aliphatic carbocycles. The summed E-state index contributed by atoms with van der Waals surface area (Å²) in [6.07, 6.45) is 2.94. The van der Waals surface area contributed by atoms with Crippen molar-refractivity contribution in [1.29, 1.82) is 0 Å². The van der Waals surface area contributed by atoms with Crippen LogP contribution < -0.4 is 5.32 Å². The highest BCUT2D eigenvalue weighted by molar-refractivity contribution is 6.10. The van der Waals surface area contributed by atoms with Crippen LogP contribution in [0.3, 0.4) is 0 Å². The zero-order chi connectivity index (χ0) is 22.5. The second-order valence-corrected chi connectivity index (χ2v) is 9.09. The fraction of sp³-hybridized carbons (Fsp3) is 0.400. The summed E-state index contributed by atoms with van der Waals surface area (Å²) in [6.45, 7) is 2.10. The van der Waals surface area contributed by atoms with Gasteiger partial charge in [-0.15, -0.1) is 0 Å². The van der Waals surface area contributed by atoms with Gasteiger partial charge in [0.05, 0.1) is 0 Å². The maximum absolute atomic E-state index is 14.7. The lowest BCUT2D eigenvalue weighted by Gasteiger charge is -2.31. The average Bonchev–Trinajstić information content (AvgIpc) is 3.53. The van der Waals surface area contributed by atoms with E-state index in [1.54, 1.807) is 17.0 Å². The van der Waals surface area contributed by atoms with Gasteiger partial charge in [-0.25, -0.2) is 9.18 Å². The van der Waals surface area contributed by atoms with Gasteiger partial charge in [-0.3, -0.25) is 14.5 Å². The van der Waals surface area contributed by atoms with Gasteiger partial charge in [0.1, 0.15) is 17.9 Å². The van der Waals surface area contributed by atoms with Crippen LogP contribution in [0.5, 0.6) is 0 Å². The molecule has 5 rings (SSSR count). The minimum atomic E-state index is -1.41. The molecule has 2 fully saturated rings. The van der Waals surface area contributed by atoms with Crippen molar-refractivity contribution in [1.82, 2.24) is 15.1 Å². The van der Waals surface area contributed by atoms with E-state index in [2.05, 4.69) is 5.32 Å². The molecular weight excluding hydrogens is 409 g/mol. The lowest BCUT2D eigenvalue weighted by Crippen LogP contribution is -2.47. The molecule has 2 atom stereocenters. The Bertz CT molecular complexity index is 1090. The monoisotopic (exact) mass is 435 g/mol. The average molecular weight is 435 g/mol. The van der Waals surface area contributed by atoms with E-state index in [0.717, 1.165) is 28.9 Å². The minimum Gasteiger partial charge on any atom is -0.334 e. The summed E-state index contributed by atoms with van der Waals surface area (Å²) in [7, 11) is 0. The molecule has 4 amide bonds. The van der Waals surface area contributed by atoms with Crippen molar-refractivity contribution in [2.75, 3.05) is 6.54 Å². The molecule has 7 heteroatoms. The van der Waals surface area contributed by atoms with Crippen LogP contribution in [0.15, 0.2) is 48.5 Å². The topological polar surface area (TPSA) is 69.7 Å². The first kappa shape index (κ1) is 20.7. The fourth-order valence-electron chi connectivity index (χ4n) is 5.11. The number of carbonyl (C=O) groups excluding carboxylic acids is 3. The lowest BCUT2D eigenvalue weighted by atomic mass is 9.91. The van der Waals surface area contributed by atoms with E-state index < -0.39 is 23.3 Å². The van der Waals surface area contributed by atoms with Crippen LogP contribution in [-0.4, -0.2) is 40.2 Å². The third-order valence-corrected chi connectivity index (χ3v) is 7.08. The standard InChI is InChI=1S/C25H26FN3O3/c1-16(18-10-11-18)28(14-17-6-3-2-4-7-17)21(30)15-29-23(31)25(27-24(29)32)13-12-19-8-5-9-20(26)22(19)25/h2-9,16,18H,10-15H2,1H3,(H,27,32)/t16-,25?/m0/s1. The van der Waals surface area contributed by atoms with E-state index in [9.17, 15) is 18.8 Å². The lowest BCUT2D eigenvalue weighted by molar-refractivity contribution is -0.141. The number of nitrogens with zero attached hydrogens (tertiary/aromatic N) is 2. The number of benzene rings is 2. The third-order valence-electron chi connectivity index (χ3n) is 7.08. The largest absolute Gasteiger partial charge is 0.334 e. The molecular formula is C25H26FN3O3. The highest BCUT2D eigenvalue weighted by atomic mass is 19.1. The van der Waals surface area contributed by atoms with Crippen molar-refractivity contribution in [3.63, 3.8) is 0 Å². The first-order chi connectivity index (χ1) is 15.4. The number of hydrogen-bond acceptors (Lipinski definition) is 3. The summed E-state index contributed by atoms with van der Waals surface area (Å²) in [5, 5.41) is 2.71. The number of amides is 4. The molecule has 0 aromatic heterocycles. The van der Waals surface area contributed by atoms with Crippen molar-refractivity contribution in [3.8, 4) is 0 Å². The SMILES string of the molecule is C[C@@H](C1CC1)N(Cc1ccccc1)C(=O)CN1C(=O)NC2(CCc3cccc(F)c32)C1=O. The molecule has 1 heterocycles. The second-order valence-electron chi connectivity index (χ2n) is 9.09. The van der Waals surface area contributed by atoms with Crippen LogP contribution in [0, 0.1) is 11.7 Å². The van der Waals surface area contributed by atoms with Gasteiger partial charge in [0, 0.05) is 18.2 Å². The molecule has 32 heavy (non-hydrogen) atoms. The molecule has 3 aliphatic rings. The van der Waals surface area contributed by atoms with E-state index in [1.807, 2.05) is 37.3 Å². The molecule has 0 bridgehead atoms. The predicted octanol–water partition coefficient (Wildman–Crippen LogP) is 3.35. The van der Waals surface area contributed by atoms with Crippen molar-refractivity contribution in [2.24, 2.45) is 5.92 Å². The van der Waals surface area contributed by atoms with E-state index in [1.165, 1.54) is 6.07 Å². The number of urea groups is 1. The van der Waals surface area contributed by atoms with E-state index in [0.29, 0.717) is 25.3 Å². The maximum Gasteiger partial charge on any atom is 0.325 e. The normalized spacial score (nSPS) is 22.8. The molecule has 1 spiro atoms. The number of aryl methyl sites for hydroxylation is 1. The quantitative estimate of drug-likeness (QED) is 0.708. The van der Waals surface area contributed by atoms with Crippen LogP contribution in [-0.2, 0) is 28.1 Å². The molecule has 1 aliphatic heterocycles. The Labute approximate surface area is 186 Å². The van der Waals surface area contributed by atoms with Crippen LogP contribution in [0.4, 0.5) is 9.18 Å². The number of fused-ring (bicyclic) bond motifs is 2. The van der Waals surface area contributed by atoms with Gasteiger partial charge in [0.2, 0.25) is 5.91 Å². The van der Waals surface area contributed by atoms with Crippen molar-refractivity contribution < 1.29 is 18.8 Å². The van der Waals surface area contributed by atoms with Crippen molar-refractivity contribution >= 4 is 17.8 Å². The molecule has 0 radical (unpaired) electrons. The molecule has 1 unspecified atom stereocenters. The Hall–Kier alpha value is -3.22. The highest BCUT2D eigenvalue weighted by Gasteiger charge is 2.57. The first-order valence-electron chi connectivity index (χ1n) is 11.2. The summed E-state index contributed by atoms with van der Waals surface area (Å²) in [4.78, 5) is 42.3. The summed E-state index contributed by atoms with van der Waals surface area (Å²) in [5.74, 6) is -0.887. The highest BCUT2D eigenvalue weighted by Crippen LogP contribution is 2.43. The van der Waals surface area contributed by atoms with Gasteiger partial charge >= 0.3 is 6.03 Å². The second kappa shape index (κ2) is 7.73. The molecule has 1 N–H and O–H groups in total. The van der Waals surface area contributed by atoms with Crippen LogP contribution in [0.25, 0.3) is 0 Å². The summed E-state index contributed by atoms with van der Waals surface area (Å²) in [6, 6.07) is 13.8. The van der Waals surface area contributed by atoms with Gasteiger partial charge in [-0.1, -0.05) is 42.5 Å². The number of hydrogen-bond donors (Lipinski definition) is 1. The molecule has 2 aromatic rings. The molecule has 6 nitrogen and oxygen atoms in total. The van der Waals surface area contributed by atoms with E-state index in [-0.39, 0.29) is 24.1 Å². The van der Waals surface area contributed by atoms with Gasteiger partial charge in [0.25, 0.3) is 5.91 Å². The molecule has 166 valence electrons. The minimum absolute atomic E-state index is 0.0158. The van der Waals surface area contributed by atoms with Crippen LogP contribution >= 0.6 is 0 Å².